The SMILES string of the molecule is COCCN1C[C@@H]2CN(C(=O)Cn3ccccc3=O)C[C@@H]2C1=O. The molecular formula is C16H21N3O4. The third-order valence-corrected chi connectivity index (χ3v) is 4.65. The molecule has 7 heteroatoms. The monoisotopic (exact) mass is 319 g/mol. The number of rotatable bonds is 5. The molecule has 3 rings (SSSR count). The van der Waals surface area contributed by atoms with Crippen LogP contribution in [0.4, 0.5) is 0 Å². The zero-order valence-electron chi connectivity index (χ0n) is 13.2. The molecule has 0 bridgehead atoms. The Bertz CT molecular complexity index is 657. The lowest BCUT2D eigenvalue weighted by Crippen LogP contribution is -2.39. The first-order valence-corrected chi connectivity index (χ1v) is 7.81. The van der Waals surface area contributed by atoms with Gasteiger partial charge in [-0.3, -0.25) is 14.4 Å². The second-order valence-electron chi connectivity index (χ2n) is 6.11. The van der Waals surface area contributed by atoms with E-state index in [1.165, 1.54) is 10.6 Å². The van der Waals surface area contributed by atoms with Crippen LogP contribution in [-0.4, -0.2) is 66.1 Å². The van der Waals surface area contributed by atoms with Gasteiger partial charge in [0.25, 0.3) is 5.56 Å². The van der Waals surface area contributed by atoms with Crippen molar-refractivity contribution in [1.29, 1.82) is 0 Å². The molecular weight excluding hydrogens is 298 g/mol. The van der Waals surface area contributed by atoms with E-state index < -0.39 is 0 Å². The van der Waals surface area contributed by atoms with Gasteiger partial charge in [0.15, 0.2) is 0 Å². The minimum Gasteiger partial charge on any atom is -0.383 e. The van der Waals surface area contributed by atoms with E-state index in [1.54, 1.807) is 30.3 Å². The van der Waals surface area contributed by atoms with E-state index in [0.29, 0.717) is 32.8 Å². The normalized spacial score (nSPS) is 23.4. The van der Waals surface area contributed by atoms with Crippen LogP contribution < -0.4 is 5.56 Å². The molecule has 23 heavy (non-hydrogen) atoms. The molecule has 0 unspecified atom stereocenters. The minimum absolute atomic E-state index is 0.0285. The molecule has 2 saturated heterocycles. The number of hydrogen-bond donors (Lipinski definition) is 0. The van der Waals surface area contributed by atoms with Crippen LogP contribution in [0.25, 0.3) is 0 Å². The van der Waals surface area contributed by atoms with Crippen molar-refractivity contribution in [3.63, 3.8) is 0 Å². The van der Waals surface area contributed by atoms with Crippen LogP contribution in [0.3, 0.4) is 0 Å². The van der Waals surface area contributed by atoms with Gasteiger partial charge in [0.05, 0.1) is 12.5 Å². The Morgan fingerprint density at radius 2 is 2.09 bits per heavy atom. The van der Waals surface area contributed by atoms with Gasteiger partial charge in [0.2, 0.25) is 11.8 Å². The second-order valence-corrected chi connectivity index (χ2v) is 6.11. The third-order valence-electron chi connectivity index (χ3n) is 4.65. The van der Waals surface area contributed by atoms with Gasteiger partial charge in [-0.1, -0.05) is 6.07 Å². The standard InChI is InChI=1S/C16H21N3O4/c1-23-7-6-18-8-12-9-19(10-13(12)16(18)22)15(21)11-17-5-3-2-4-14(17)20/h2-5,12-13H,6-11H2,1H3/t12-,13+/m1/s1. The number of fused-ring (bicyclic) bond motifs is 1. The fourth-order valence-corrected chi connectivity index (χ4v) is 3.39. The quantitative estimate of drug-likeness (QED) is 0.727. The molecule has 7 nitrogen and oxygen atoms in total. The van der Waals surface area contributed by atoms with Crippen LogP contribution in [0.5, 0.6) is 0 Å². The van der Waals surface area contributed by atoms with Gasteiger partial charge in [-0.2, -0.15) is 0 Å². The summed E-state index contributed by atoms with van der Waals surface area (Å²) in [6.45, 7) is 2.89. The van der Waals surface area contributed by atoms with E-state index in [1.807, 2.05) is 4.90 Å². The lowest BCUT2D eigenvalue weighted by molar-refractivity contribution is -0.134. The van der Waals surface area contributed by atoms with Crippen molar-refractivity contribution in [1.82, 2.24) is 14.4 Å². The molecule has 0 aliphatic carbocycles. The van der Waals surface area contributed by atoms with Crippen molar-refractivity contribution in [3.05, 3.63) is 34.7 Å². The number of methoxy groups -OCH3 is 1. The lowest BCUT2D eigenvalue weighted by Gasteiger charge is -2.22. The van der Waals surface area contributed by atoms with Crippen LogP contribution >= 0.6 is 0 Å². The molecule has 0 aromatic carbocycles. The van der Waals surface area contributed by atoms with Gasteiger partial charge < -0.3 is 19.1 Å². The summed E-state index contributed by atoms with van der Waals surface area (Å²) >= 11 is 0. The van der Waals surface area contributed by atoms with Gasteiger partial charge in [0.1, 0.15) is 6.54 Å². The Morgan fingerprint density at radius 3 is 2.78 bits per heavy atom. The third kappa shape index (κ3) is 3.14. The molecule has 3 heterocycles. The Hall–Kier alpha value is -2.15. The number of aromatic nitrogens is 1. The van der Waals surface area contributed by atoms with Crippen LogP contribution in [0.2, 0.25) is 0 Å². The van der Waals surface area contributed by atoms with E-state index in [2.05, 4.69) is 0 Å². The maximum absolute atomic E-state index is 12.4. The Balaban J connectivity index is 1.59. The summed E-state index contributed by atoms with van der Waals surface area (Å²) in [7, 11) is 1.62. The highest BCUT2D eigenvalue weighted by Gasteiger charge is 2.46. The van der Waals surface area contributed by atoms with Crippen molar-refractivity contribution in [2.24, 2.45) is 11.8 Å². The zero-order chi connectivity index (χ0) is 16.4. The summed E-state index contributed by atoms with van der Waals surface area (Å²) in [5.41, 5.74) is -0.193. The van der Waals surface area contributed by atoms with Crippen LogP contribution in [0.15, 0.2) is 29.2 Å². The fraction of sp³-hybridized carbons (Fsp3) is 0.562. The zero-order valence-corrected chi connectivity index (χ0v) is 13.2. The van der Waals surface area contributed by atoms with Crippen molar-refractivity contribution < 1.29 is 14.3 Å². The predicted octanol–water partition coefficient (Wildman–Crippen LogP) is -0.588. The summed E-state index contributed by atoms with van der Waals surface area (Å²) in [5.74, 6) is 0.0854. The summed E-state index contributed by atoms with van der Waals surface area (Å²) in [6.07, 6.45) is 1.61. The van der Waals surface area contributed by atoms with Gasteiger partial charge in [-0.05, 0) is 6.07 Å². The lowest BCUT2D eigenvalue weighted by atomic mass is 10.0. The van der Waals surface area contributed by atoms with Crippen molar-refractivity contribution in [2.45, 2.75) is 6.54 Å². The van der Waals surface area contributed by atoms with E-state index in [-0.39, 0.29) is 35.8 Å². The first kappa shape index (κ1) is 15.7. The molecule has 2 fully saturated rings. The number of carbonyl (C=O) groups is 2. The summed E-state index contributed by atoms with van der Waals surface area (Å²) in [6, 6.07) is 4.81. The maximum Gasteiger partial charge on any atom is 0.250 e. The van der Waals surface area contributed by atoms with Crippen LogP contribution in [0.1, 0.15) is 0 Å². The Morgan fingerprint density at radius 1 is 1.26 bits per heavy atom. The topological polar surface area (TPSA) is 71.8 Å². The largest absolute Gasteiger partial charge is 0.383 e. The van der Waals surface area contributed by atoms with Gasteiger partial charge in [-0.15, -0.1) is 0 Å². The van der Waals surface area contributed by atoms with E-state index >= 15 is 0 Å². The molecule has 1 aromatic rings. The summed E-state index contributed by atoms with van der Waals surface area (Å²) < 4.78 is 6.41. The molecule has 0 radical (unpaired) electrons. The number of carbonyl (C=O) groups excluding carboxylic acids is 2. The fourth-order valence-electron chi connectivity index (χ4n) is 3.39. The Kier molecular flexibility index (Phi) is 4.47. The van der Waals surface area contributed by atoms with E-state index in [4.69, 9.17) is 4.74 Å². The molecule has 2 atom stereocenters. The number of likely N-dealkylation sites (tertiary alicyclic amines) is 2. The van der Waals surface area contributed by atoms with Crippen molar-refractivity contribution in [3.8, 4) is 0 Å². The highest BCUT2D eigenvalue weighted by Crippen LogP contribution is 2.32. The first-order chi connectivity index (χ1) is 11.1. The number of nitrogens with zero attached hydrogens (tertiary/aromatic N) is 3. The smallest absolute Gasteiger partial charge is 0.250 e. The van der Waals surface area contributed by atoms with Gasteiger partial charge in [-0.25, -0.2) is 0 Å². The average Bonchev–Trinajstić information content (AvgIpc) is 3.08. The second kappa shape index (κ2) is 6.54. The Labute approximate surface area is 134 Å². The van der Waals surface area contributed by atoms with Crippen LogP contribution in [-0.2, 0) is 20.9 Å². The van der Waals surface area contributed by atoms with Crippen molar-refractivity contribution in [2.75, 3.05) is 39.9 Å². The number of hydrogen-bond acceptors (Lipinski definition) is 4. The number of amides is 2. The highest BCUT2D eigenvalue weighted by molar-refractivity contribution is 5.84. The molecule has 2 aliphatic heterocycles. The highest BCUT2D eigenvalue weighted by atomic mass is 16.5. The van der Waals surface area contributed by atoms with Crippen molar-refractivity contribution >= 4 is 11.8 Å². The molecule has 1 aromatic heterocycles. The number of pyridine rings is 1. The minimum atomic E-state index is -0.193. The molecule has 2 amide bonds. The van der Waals surface area contributed by atoms with E-state index in [9.17, 15) is 14.4 Å². The van der Waals surface area contributed by atoms with Gasteiger partial charge >= 0.3 is 0 Å². The van der Waals surface area contributed by atoms with Gasteiger partial charge in [0, 0.05) is 51.5 Å². The summed E-state index contributed by atoms with van der Waals surface area (Å²) in [4.78, 5) is 39.9. The molecule has 0 spiro atoms. The molecule has 124 valence electrons. The molecule has 0 N–H and O–H groups in total. The predicted molar refractivity (Wildman–Crippen MR) is 82.7 cm³/mol. The summed E-state index contributed by atoms with van der Waals surface area (Å²) in [5, 5.41) is 0. The molecule has 0 saturated carbocycles. The average molecular weight is 319 g/mol. The van der Waals surface area contributed by atoms with E-state index in [0.717, 1.165) is 0 Å². The maximum atomic E-state index is 12.4. The number of ether oxygens (including phenoxy) is 1. The molecule has 2 aliphatic rings. The first-order valence-electron chi connectivity index (χ1n) is 7.81. The van der Waals surface area contributed by atoms with Crippen LogP contribution in [0, 0.1) is 11.8 Å².